The van der Waals surface area contributed by atoms with Gasteiger partial charge in [-0.1, -0.05) is 54.6 Å². The highest BCUT2D eigenvalue weighted by Gasteiger charge is 2.32. The van der Waals surface area contributed by atoms with E-state index in [2.05, 4.69) is 24.3 Å². The highest BCUT2D eigenvalue weighted by atomic mass is 16.4. The summed E-state index contributed by atoms with van der Waals surface area (Å²) in [5, 5.41) is 9.06. The fourth-order valence-electron chi connectivity index (χ4n) is 3.14. The minimum absolute atomic E-state index is 0.138. The lowest BCUT2D eigenvalue weighted by atomic mass is 9.92. The fourth-order valence-corrected chi connectivity index (χ4v) is 3.14. The Bertz CT molecular complexity index is 589. The summed E-state index contributed by atoms with van der Waals surface area (Å²) in [6.45, 7) is 0. The third-order valence-electron chi connectivity index (χ3n) is 3.95. The van der Waals surface area contributed by atoms with Crippen LogP contribution in [-0.4, -0.2) is 11.1 Å². The van der Waals surface area contributed by atoms with Gasteiger partial charge in [0.25, 0.3) is 0 Å². The molecule has 1 aliphatic carbocycles. The first-order valence-corrected chi connectivity index (χ1v) is 6.61. The van der Waals surface area contributed by atoms with Crippen LogP contribution < -0.4 is 0 Å². The molecule has 19 heavy (non-hydrogen) atoms. The monoisotopic (exact) mass is 252 g/mol. The van der Waals surface area contributed by atoms with E-state index in [1.807, 2.05) is 30.3 Å². The lowest BCUT2D eigenvalue weighted by Gasteiger charge is -2.11. The number of carboxylic acid groups (broad SMARTS) is 1. The number of hydrogen-bond acceptors (Lipinski definition) is 1. The maximum atomic E-state index is 11.0. The quantitative estimate of drug-likeness (QED) is 0.902. The molecule has 0 heterocycles. The van der Waals surface area contributed by atoms with Crippen molar-refractivity contribution in [3.05, 3.63) is 71.3 Å². The van der Waals surface area contributed by atoms with Crippen molar-refractivity contribution >= 4 is 5.97 Å². The Morgan fingerprint density at radius 2 is 1.63 bits per heavy atom. The molecule has 0 aromatic heterocycles. The van der Waals surface area contributed by atoms with E-state index in [-0.39, 0.29) is 12.3 Å². The summed E-state index contributed by atoms with van der Waals surface area (Å²) in [5.74, 6) is -0.242. The van der Waals surface area contributed by atoms with Gasteiger partial charge in [0.2, 0.25) is 0 Å². The van der Waals surface area contributed by atoms with E-state index in [9.17, 15) is 4.79 Å². The molecular weight excluding hydrogens is 236 g/mol. The molecule has 2 heteroatoms. The van der Waals surface area contributed by atoms with Gasteiger partial charge in [0, 0.05) is 5.92 Å². The van der Waals surface area contributed by atoms with Crippen LogP contribution >= 0.6 is 0 Å². The van der Waals surface area contributed by atoms with Crippen LogP contribution in [0.5, 0.6) is 0 Å². The zero-order valence-electron chi connectivity index (χ0n) is 10.6. The minimum atomic E-state index is -0.714. The smallest absolute Gasteiger partial charge is 0.303 e. The molecule has 3 rings (SSSR count). The molecule has 2 aromatic carbocycles. The Morgan fingerprint density at radius 3 is 2.32 bits per heavy atom. The average molecular weight is 252 g/mol. The van der Waals surface area contributed by atoms with Crippen LogP contribution in [0.4, 0.5) is 0 Å². The van der Waals surface area contributed by atoms with Gasteiger partial charge in [0.1, 0.15) is 0 Å². The molecule has 2 nitrogen and oxygen atoms in total. The molecule has 0 spiro atoms. The van der Waals surface area contributed by atoms with Gasteiger partial charge in [-0.05, 0) is 29.0 Å². The molecular formula is C17H16O2. The Labute approximate surface area is 112 Å². The zero-order valence-corrected chi connectivity index (χ0v) is 10.6. The van der Waals surface area contributed by atoms with Gasteiger partial charge in [-0.25, -0.2) is 0 Å². The summed E-state index contributed by atoms with van der Waals surface area (Å²) in [6.07, 6.45) is 1.12. The van der Waals surface area contributed by atoms with Crippen molar-refractivity contribution < 1.29 is 9.90 Å². The normalized spacial score (nSPS) is 21.1. The fraction of sp³-hybridized carbons (Fsp3) is 0.235. The lowest BCUT2D eigenvalue weighted by Crippen LogP contribution is -2.03. The molecule has 0 aliphatic heterocycles. The molecule has 0 fully saturated rings. The maximum Gasteiger partial charge on any atom is 0.303 e. The molecule has 2 aromatic rings. The molecule has 0 unspecified atom stereocenters. The molecule has 1 aliphatic rings. The molecule has 96 valence electrons. The van der Waals surface area contributed by atoms with E-state index in [4.69, 9.17) is 5.11 Å². The first-order valence-electron chi connectivity index (χ1n) is 6.61. The van der Waals surface area contributed by atoms with Crippen molar-refractivity contribution in [2.24, 2.45) is 0 Å². The number of hydrogen-bond donors (Lipinski definition) is 1. The zero-order chi connectivity index (χ0) is 13.2. The largest absolute Gasteiger partial charge is 0.481 e. The van der Waals surface area contributed by atoms with Gasteiger partial charge in [0.15, 0.2) is 0 Å². The van der Waals surface area contributed by atoms with E-state index in [1.165, 1.54) is 16.7 Å². The molecule has 0 saturated carbocycles. The van der Waals surface area contributed by atoms with Crippen LogP contribution in [0.25, 0.3) is 0 Å². The van der Waals surface area contributed by atoms with Crippen molar-refractivity contribution in [1.29, 1.82) is 0 Å². The molecule has 0 amide bonds. The third kappa shape index (κ3) is 2.26. The van der Waals surface area contributed by atoms with E-state index in [0.717, 1.165) is 6.42 Å². The van der Waals surface area contributed by atoms with Gasteiger partial charge in [-0.3, -0.25) is 4.79 Å². The SMILES string of the molecule is O=C(O)C[C@@H]1C[C@@H](c2ccccc2)c2ccccc21. The topological polar surface area (TPSA) is 37.3 Å². The number of carboxylic acids is 1. The van der Waals surface area contributed by atoms with Crippen molar-refractivity contribution in [3.63, 3.8) is 0 Å². The minimum Gasteiger partial charge on any atom is -0.481 e. The van der Waals surface area contributed by atoms with E-state index in [0.29, 0.717) is 5.92 Å². The summed E-state index contributed by atoms with van der Waals surface area (Å²) in [7, 11) is 0. The van der Waals surface area contributed by atoms with Crippen LogP contribution in [0.15, 0.2) is 54.6 Å². The van der Waals surface area contributed by atoms with Crippen LogP contribution in [0.3, 0.4) is 0 Å². The molecule has 0 saturated heterocycles. The second-order valence-electron chi connectivity index (χ2n) is 5.12. The highest BCUT2D eigenvalue weighted by molar-refractivity contribution is 5.68. The van der Waals surface area contributed by atoms with Crippen molar-refractivity contribution in [1.82, 2.24) is 0 Å². The van der Waals surface area contributed by atoms with Crippen LogP contribution in [0.1, 0.15) is 41.4 Å². The number of benzene rings is 2. The second kappa shape index (κ2) is 4.88. The van der Waals surface area contributed by atoms with Gasteiger partial charge in [0.05, 0.1) is 6.42 Å². The summed E-state index contributed by atoms with van der Waals surface area (Å²) in [6, 6.07) is 18.6. The first kappa shape index (κ1) is 12.0. The summed E-state index contributed by atoms with van der Waals surface area (Å²) >= 11 is 0. The maximum absolute atomic E-state index is 11.0. The Balaban J connectivity index is 1.99. The van der Waals surface area contributed by atoms with Crippen LogP contribution in [0.2, 0.25) is 0 Å². The Morgan fingerprint density at radius 1 is 1.00 bits per heavy atom. The summed E-state index contributed by atoms with van der Waals surface area (Å²) in [4.78, 5) is 11.0. The van der Waals surface area contributed by atoms with Crippen LogP contribution in [-0.2, 0) is 4.79 Å². The third-order valence-corrected chi connectivity index (χ3v) is 3.95. The van der Waals surface area contributed by atoms with E-state index in [1.54, 1.807) is 0 Å². The average Bonchev–Trinajstić information content (AvgIpc) is 2.78. The number of rotatable bonds is 3. The number of carbonyl (C=O) groups is 1. The lowest BCUT2D eigenvalue weighted by molar-refractivity contribution is -0.137. The van der Waals surface area contributed by atoms with Gasteiger partial charge in [-0.2, -0.15) is 0 Å². The van der Waals surface area contributed by atoms with Crippen LogP contribution in [0, 0.1) is 0 Å². The standard InChI is InChI=1S/C17H16O2/c18-17(19)11-13-10-16(12-6-2-1-3-7-12)15-9-5-4-8-14(13)15/h1-9,13,16H,10-11H2,(H,18,19)/t13-,16-/m0/s1. The van der Waals surface area contributed by atoms with Crippen molar-refractivity contribution in [2.75, 3.05) is 0 Å². The van der Waals surface area contributed by atoms with Gasteiger partial charge in [-0.15, -0.1) is 0 Å². The number of fused-ring (bicyclic) bond motifs is 1. The molecule has 1 N–H and O–H groups in total. The highest BCUT2D eigenvalue weighted by Crippen LogP contribution is 2.46. The van der Waals surface area contributed by atoms with Crippen molar-refractivity contribution in [3.8, 4) is 0 Å². The molecule has 2 atom stereocenters. The Kier molecular flexibility index (Phi) is 3.08. The molecule has 0 radical (unpaired) electrons. The van der Waals surface area contributed by atoms with E-state index >= 15 is 0 Å². The second-order valence-corrected chi connectivity index (χ2v) is 5.12. The first-order chi connectivity index (χ1) is 9.25. The number of aliphatic carboxylic acids is 1. The van der Waals surface area contributed by atoms with Gasteiger partial charge >= 0.3 is 5.97 Å². The predicted molar refractivity (Wildman–Crippen MR) is 74.3 cm³/mol. The summed E-state index contributed by atoms with van der Waals surface area (Å²) in [5.41, 5.74) is 3.78. The summed E-state index contributed by atoms with van der Waals surface area (Å²) < 4.78 is 0. The molecule has 0 bridgehead atoms. The van der Waals surface area contributed by atoms with Gasteiger partial charge < -0.3 is 5.11 Å². The predicted octanol–water partition coefficient (Wildman–Crippen LogP) is 3.78. The van der Waals surface area contributed by atoms with Crippen molar-refractivity contribution in [2.45, 2.75) is 24.7 Å². The van der Waals surface area contributed by atoms with E-state index < -0.39 is 5.97 Å². The Hall–Kier alpha value is -2.09.